The zero-order valence-electron chi connectivity index (χ0n) is 14.4. The van der Waals surface area contributed by atoms with E-state index in [1.54, 1.807) is 6.07 Å². The smallest absolute Gasteiger partial charge is 0.298 e. The normalized spacial score (nSPS) is 11.2. The van der Waals surface area contributed by atoms with Crippen LogP contribution in [0.5, 0.6) is 0 Å². The van der Waals surface area contributed by atoms with Gasteiger partial charge in [-0.25, -0.2) is 4.39 Å². The van der Waals surface area contributed by atoms with Crippen LogP contribution in [0.15, 0.2) is 59.0 Å². The maximum Gasteiger partial charge on any atom is 0.298 e. The molecule has 2 heterocycles. The minimum atomic E-state index is -0.257. The Kier molecular flexibility index (Phi) is 4.39. The first-order chi connectivity index (χ1) is 12.7. The first-order valence-electron chi connectivity index (χ1n) is 8.56. The zero-order valence-corrected chi connectivity index (χ0v) is 14.4. The summed E-state index contributed by atoms with van der Waals surface area (Å²) < 4.78 is 19.1. The second-order valence-corrected chi connectivity index (χ2v) is 6.28. The summed E-state index contributed by atoms with van der Waals surface area (Å²) in [6.07, 6.45) is 1.76. The van der Waals surface area contributed by atoms with E-state index in [0.717, 1.165) is 47.4 Å². The molecule has 0 saturated carbocycles. The van der Waals surface area contributed by atoms with Crippen molar-refractivity contribution in [1.29, 1.82) is 0 Å². The lowest BCUT2D eigenvalue weighted by atomic mass is 10.1. The van der Waals surface area contributed by atoms with Crippen molar-refractivity contribution < 1.29 is 8.81 Å². The number of anilines is 1. The summed E-state index contributed by atoms with van der Waals surface area (Å²) in [5.74, 6) is -0.257. The summed E-state index contributed by atoms with van der Waals surface area (Å²) in [5.41, 5.74) is 4.21. The Morgan fingerprint density at radius 3 is 2.85 bits per heavy atom. The highest BCUT2D eigenvalue weighted by atomic mass is 19.1. The van der Waals surface area contributed by atoms with E-state index < -0.39 is 0 Å². The van der Waals surface area contributed by atoms with Crippen LogP contribution in [0.3, 0.4) is 0 Å². The number of benzene rings is 2. The number of nitrogens with zero attached hydrogens (tertiary/aromatic N) is 3. The summed E-state index contributed by atoms with van der Waals surface area (Å²) in [5, 5.41) is 7.30. The van der Waals surface area contributed by atoms with Gasteiger partial charge in [0.25, 0.3) is 6.01 Å². The van der Waals surface area contributed by atoms with Gasteiger partial charge in [-0.15, -0.1) is 0 Å². The van der Waals surface area contributed by atoms with Gasteiger partial charge in [-0.1, -0.05) is 24.3 Å². The Balaban J connectivity index is 1.36. The van der Waals surface area contributed by atoms with Crippen molar-refractivity contribution in [1.82, 2.24) is 15.2 Å². The third-order valence-corrected chi connectivity index (χ3v) is 4.30. The van der Waals surface area contributed by atoms with Crippen LogP contribution in [0.2, 0.25) is 0 Å². The van der Waals surface area contributed by atoms with Crippen molar-refractivity contribution in [3.63, 3.8) is 0 Å². The molecule has 5 nitrogen and oxygen atoms in total. The van der Waals surface area contributed by atoms with Gasteiger partial charge in [0, 0.05) is 24.8 Å². The summed E-state index contributed by atoms with van der Waals surface area (Å²) in [4.78, 5) is 6.50. The van der Waals surface area contributed by atoms with Crippen LogP contribution < -0.4 is 4.90 Å². The van der Waals surface area contributed by atoms with Gasteiger partial charge in [-0.2, -0.15) is 10.1 Å². The summed E-state index contributed by atoms with van der Waals surface area (Å²) in [7, 11) is 1.97. The molecule has 0 saturated heterocycles. The Labute approximate surface area is 150 Å². The van der Waals surface area contributed by atoms with E-state index in [2.05, 4.69) is 15.2 Å². The number of fused-ring (bicyclic) bond motifs is 1. The number of oxazole rings is 1. The van der Waals surface area contributed by atoms with E-state index >= 15 is 0 Å². The van der Waals surface area contributed by atoms with Gasteiger partial charge < -0.3 is 9.32 Å². The van der Waals surface area contributed by atoms with E-state index in [1.165, 1.54) is 12.1 Å². The largest absolute Gasteiger partial charge is 0.423 e. The molecular weight excluding hydrogens is 331 g/mol. The Hall–Kier alpha value is -3.15. The van der Waals surface area contributed by atoms with Crippen LogP contribution in [0.1, 0.15) is 12.1 Å². The van der Waals surface area contributed by atoms with Crippen molar-refractivity contribution in [3.05, 3.63) is 66.1 Å². The minimum absolute atomic E-state index is 0.257. The van der Waals surface area contributed by atoms with E-state index in [-0.39, 0.29) is 5.82 Å². The maximum atomic E-state index is 13.3. The quantitative estimate of drug-likeness (QED) is 0.559. The maximum absolute atomic E-state index is 13.3. The standard InChI is InChI=1S/C20H19FN4O/c1-25(20-22-17-9-2-3-10-19(17)26-20)11-5-8-16-13-18(24-23-16)14-6-4-7-15(21)12-14/h2-4,6-7,9-10,12-13H,5,8,11H2,1H3,(H,23,24). The van der Waals surface area contributed by atoms with Crippen LogP contribution in [0, 0.1) is 5.82 Å². The van der Waals surface area contributed by atoms with E-state index in [4.69, 9.17) is 4.42 Å². The molecule has 0 spiro atoms. The molecule has 4 aromatic rings. The Morgan fingerprint density at radius 2 is 2.00 bits per heavy atom. The van der Waals surface area contributed by atoms with Crippen molar-refractivity contribution in [3.8, 4) is 11.3 Å². The molecule has 26 heavy (non-hydrogen) atoms. The van der Waals surface area contributed by atoms with E-state index in [0.29, 0.717) is 6.01 Å². The molecular formula is C20H19FN4O. The predicted molar refractivity (Wildman–Crippen MR) is 99.6 cm³/mol. The second-order valence-electron chi connectivity index (χ2n) is 6.28. The van der Waals surface area contributed by atoms with Crippen LogP contribution >= 0.6 is 0 Å². The Bertz CT molecular complexity index is 990. The van der Waals surface area contributed by atoms with Gasteiger partial charge >= 0.3 is 0 Å². The average Bonchev–Trinajstić information content (AvgIpc) is 3.28. The fourth-order valence-electron chi connectivity index (χ4n) is 2.91. The van der Waals surface area contributed by atoms with Crippen LogP contribution in [-0.4, -0.2) is 28.8 Å². The molecule has 0 bridgehead atoms. The molecule has 2 aromatic heterocycles. The molecule has 1 N–H and O–H groups in total. The number of aromatic amines is 1. The molecule has 0 aliphatic carbocycles. The SMILES string of the molecule is CN(CCCc1cc(-c2cccc(F)c2)n[nH]1)c1nc2ccccc2o1. The van der Waals surface area contributed by atoms with Crippen LogP contribution in [-0.2, 0) is 6.42 Å². The molecule has 0 radical (unpaired) electrons. The number of H-pyrrole nitrogens is 1. The number of nitrogens with one attached hydrogen (secondary N) is 1. The number of halogens is 1. The Morgan fingerprint density at radius 1 is 1.12 bits per heavy atom. The first kappa shape index (κ1) is 16.3. The number of rotatable bonds is 6. The number of hydrogen-bond donors (Lipinski definition) is 1. The molecule has 2 aromatic carbocycles. The monoisotopic (exact) mass is 350 g/mol. The molecule has 132 valence electrons. The number of hydrogen-bond acceptors (Lipinski definition) is 4. The lowest BCUT2D eigenvalue weighted by molar-refractivity contribution is 0.577. The third-order valence-electron chi connectivity index (χ3n) is 4.30. The molecule has 0 aliphatic rings. The molecule has 0 amide bonds. The molecule has 4 rings (SSSR count). The van der Waals surface area contributed by atoms with E-state index in [1.807, 2.05) is 48.3 Å². The number of aromatic nitrogens is 3. The van der Waals surface area contributed by atoms with Gasteiger partial charge in [0.1, 0.15) is 11.3 Å². The number of aryl methyl sites for hydroxylation is 1. The summed E-state index contributed by atoms with van der Waals surface area (Å²) >= 11 is 0. The molecule has 0 unspecified atom stereocenters. The predicted octanol–water partition coefficient (Wildman–Crippen LogP) is 4.43. The number of para-hydroxylation sites is 2. The van der Waals surface area contributed by atoms with Gasteiger partial charge in [-0.05, 0) is 43.2 Å². The minimum Gasteiger partial charge on any atom is -0.423 e. The zero-order chi connectivity index (χ0) is 17.9. The lowest BCUT2D eigenvalue weighted by Gasteiger charge is -2.13. The van der Waals surface area contributed by atoms with Gasteiger partial charge in [0.05, 0.1) is 5.69 Å². The summed E-state index contributed by atoms with van der Waals surface area (Å²) in [6.45, 7) is 0.807. The van der Waals surface area contributed by atoms with Crippen molar-refractivity contribution in [2.24, 2.45) is 0 Å². The fraction of sp³-hybridized carbons (Fsp3) is 0.200. The second kappa shape index (κ2) is 7.00. The topological polar surface area (TPSA) is 58.0 Å². The average molecular weight is 350 g/mol. The van der Waals surface area contributed by atoms with E-state index in [9.17, 15) is 4.39 Å². The lowest BCUT2D eigenvalue weighted by Crippen LogP contribution is -2.19. The summed E-state index contributed by atoms with van der Waals surface area (Å²) in [6, 6.07) is 16.8. The van der Waals surface area contributed by atoms with Gasteiger partial charge in [-0.3, -0.25) is 5.10 Å². The highest BCUT2D eigenvalue weighted by molar-refractivity contribution is 5.74. The van der Waals surface area contributed by atoms with Crippen molar-refractivity contribution in [2.75, 3.05) is 18.5 Å². The van der Waals surface area contributed by atoms with Gasteiger partial charge in [0.15, 0.2) is 5.58 Å². The first-order valence-corrected chi connectivity index (χ1v) is 8.56. The van der Waals surface area contributed by atoms with Crippen molar-refractivity contribution >= 4 is 17.1 Å². The molecule has 0 aliphatic heterocycles. The van der Waals surface area contributed by atoms with Crippen LogP contribution in [0.4, 0.5) is 10.4 Å². The third kappa shape index (κ3) is 3.44. The fourth-order valence-corrected chi connectivity index (χ4v) is 2.91. The van der Waals surface area contributed by atoms with Crippen molar-refractivity contribution in [2.45, 2.75) is 12.8 Å². The van der Waals surface area contributed by atoms with Crippen LogP contribution in [0.25, 0.3) is 22.4 Å². The molecule has 0 fully saturated rings. The molecule has 6 heteroatoms. The highest BCUT2D eigenvalue weighted by Crippen LogP contribution is 2.22. The van der Waals surface area contributed by atoms with Gasteiger partial charge in [0.2, 0.25) is 0 Å². The highest BCUT2D eigenvalue weighted by Gasteiger charge is 2.10. The molecule has 0 atom stereocenters.